The summed E-state index contributed by atoms with van der Waals surface area (Å²) in [5, 5.41) is 0. The van der Waals surface area contributed by atoms with E-state index in [0.29, 0.717) is 0 Å². The lowest BCUT2D eigenvalue weighted by Gasteiger charge is -2.18. The Bertz CT molecular complexity index is 344. The molecular weight excluding hydrogens is 280 g/mol. The predicted molar refractivity (Wildman–Crippen MR) is 74.9 cm³/mol. The molecule has 0 spiro atoms. The van der Waals surface area contributed by atoms with Gasteiger partial charge in [0.15, 0.2) is 0 Å². The van der Waals surface area contributed by atoms with Crippen LogP contribution in [-0.4, -0.2) is 7.11 Å². The molecule has 0 radical (unpaired) electrons. The van der Waals surface area contributed by atoms with E-state index in [-0.39, 0.29) is 6.04 Å². The van der Waals surface area contributed by atoms with Crippen molar-refractivity contribution in [3.8, 4) is 5.75 Å². The van der Waals surface area contributed by atoms with Crippen molar-refractivity contribution in [2.45, 2.75) is 38.6 Å². The fourth-order valence-electron chi connectivity index (χ4n) is 1.84. The maximum atomic E-state index is 5.64. The molecule has 4 heteroatoms. The summed E-state index contributed by atoms with van der Waals surface area (Å²) in [4.78, 5) is 0. The zero-order valence-corrected chi connectivity index (χ0v) is 12.1. The van der Waals surface area contributed by atoms with Gasteiger partial charge in [0.25, 0.3) is 0 Å². The first-order chi connectivity index (χ1) is 8.22. The molecule has 0 fully saturated rings. The molecule has 0 aromatic heterocycles. The summed E-state index contributed by atoms with van der Waals surface area (Å²) < 4.78 is 6.31. The van der Waals surface area contributed by atoms with Crippen LogP contribution in [0.4, 0.5) is 0 Å². The van der Waals surface area contributed by atoms with Crippen LogP contribution < -0.4 is 16.0 Å². The van der Waals surface area contributed by atoms with Crippen molar-refractivity contribution in [2.75, 3.05) is 7.11 Å². The number of hydrazine groups is 1. The van der Waals surface area contributed by atoms with Crippen molar-refractivity contribution >= 4 is 15.9 Å². The molecule has 0 saturated carbocycles. The Morgan fingerprint density at radius 1 is 1.41 bits per heavy atom. The number of hydrogen-bond acceptors (Lipinski definition) is 3. The third kappa shape index (κ3) is 4.30. The highest BCUT2D eigenvalue weighted by Gasteiger charge is 2.13. The first-order valence-corrected chi connectivity index (χ1v) is 6.81. The number of nitrogens with two attached hydrogens (primary N) is 1. The second-order valence-electron chi connectivity index (χ2n) is 4.10. The van der Waals surface area contributed by atoms with Crippen LogP contribution in [0.1, 0.15) is 44.2 Å². The SMILES string of the molecule is CCCCCC(NN)c1cc(OC)ccc1Br. The van der Waals surface area contributed by atoms with Crippen LogP contribution in [0.15, 0.2) is 22.7 Å². The molecule has 0 amide bonds. The standard InChI is InChI=1S/C13H21BrN2O/c1-3-4-5-6-13(16-15)11-9-10(17-2)7-8-12(11)14/h7-9,13,16H,3-6,15H2,1-2H3. The molecule has 0 bridgehead atoms. The van der Waals surface area contributed by atoms with Crippen LogP contribution in [-0.2, 0) is 0 Å². The number of nitrogens with one attached hydrogen (secondary N) is 1. The van der Waals surface area contributed by atoms with E-state index in [9.17, 15) is 0 Å². The summed E-state index contributed by atoms with van der Waals surface area (Å²) in [5.74, 6) is 6.50. The molecule has 0 aliphatic carbocycles. The van der Waals surface area contributed by atoms with Crippen molar-refractivity contribution in [2.24, 2.45) is 5.84 Å². The highest BCUT2D eigenvalue weighted by molar-refractivity contribution is 9.10. The second-order valence-corrected chi connectivity index (χ2v) is 4.96. The average Bonchev–Trinajstić information content (AvgIpc) is 2.36. The van der Waals surface area contributed by atoms with E-state index in [2.05, 4.69) is 28.3 Å². The van der Waals surface area contributed by atoms with Gasteiger partial charge in [0.05, 0.1) is 7.11 Å². The van der Waals surface area contributed by atoms with E-state index >= 15 is 0 Å². The maximum Gasteiger partial charge on any atom is 0.119 e. The van der Waals surface area contributed by atoms with Gasteiger partial charge in [0.2, 0.25) is 0 Å². The fourth-order valence-corrected chi connectivity index (χ4v) is 2.37. The zero-order valence-electron chi connectivity index (χ0n) is 10.5. The van der Waals surface area contributed by atoms with Gasteiger partial charge in [-0.15, -0.1) is 0 Å². The summed E-state index contributed by atoms with van der Waals surface area (Å²) in [7, 11) is 1.68. The van der Waals surface area contributed by atoms with Crippen molar-refractivity contribution in [3.63, 3.8) is 0 Å². The van der Waals surface area contributed by atoms with E-state index in [0.717, 1.165) is 22.2 Å². The van der Waals surface area contributed by atoms with Gasteiger partial charge in [-0.3, -0.25) is 11.3 Å². The normalized spacial score (nSPS) is 12.5. The molecule has 1 aromatic carbocycles. The van der Waals surface area contributed by atoms with Crippen LogP contribution >= 0.6 is 15.9 Å². The molecule has 3 nitrogen and oxygen atoms in total. The molecule has 0 aliphatic rings. The number of hydrogen-bond donors (Lipinski definition) is 2. The van der Waals surface area contributed by atoms with Crippen LogP contribution in [0.5, 0.6) is 5.75 Å². The van der Waals surface area contributed by atoms with Gasteiger partial charge in [0, 0.05) is 10.5 Å². The van der Waals surface area contributed by atoms with Crippen molar-refractivity contribution < 1.29 is 4.74 Å². The maximum absolute atomic E-state index is 5.64. The Morgan fingerprint density at radius 2 is 2.18 bits per heavy atom. The Morgan fingerprint density at radius 3 is 2.76 bits per heavy atom. The minimum absolute atomic E-state index is 0.172. The Balaban J connectivity index is 2.78. The van der Waals surface area contributed by atoms with Crippen LogP contribution in [0.3, 0.4) is 0 Å². The van der Waals surface area contributed by atoms with E-state index in [1.807, 2.05) is 18.2 Å². The van der Waals surface area contributed by atoms with Crippen molar-refractivity contribution in [1.82, 2.24) is 5.43 Å². The quantitative estimate of drug-likeness (QED) is 0.460. The molecule has 1 aromatic rings. The number of unbranched alkanes of at least 4 members (excludes halogenated alkanes) is 2. The lowest BCUT2D eigenvalue weighted by Crippen LogP contribution is -2.28. The predicted octanol–water partition coefficient (Wildman–Crippen LogP) is 3.54. The molecule has 3 N–H and O–H groups in total. The highest BCUT2D eigenvalue weighted by atomic mass is 79.9. The fraction of sp³-hybridized carbons (Fsp3) is 0.538. The minimum atomic E-state index is 0.172. The Labute approximate surface area is 112 Å². The van der Waals surface area contributed by atoms with E-state index in [1.165, 1.54) is 19.3 Å². The van der Waals surface area contributed by atoms with E-state index in [4.69, 9.17) is 10.6 Å². The summed E-state index contributed by atoms with van der Waals surface area (Å²) in [6, 6.07) is 6.14. The Hall–Kier alpha value is -0.580. The lowest BCUT2D eigenvalue weighted by molar-refractivity contribution is 0.411. The van der Waals surface area contributed by atoms with Crippen molar-refractivity contribution in [1.29, 1.82) is 0 Å². The van der Waals surface area contributed by atoms with Crippen molar-refractivity contribution in [3.05, 3.63) is 28.2 Å². The third-order valence-electron chi connectivity index (χ3n) is 2.88. The van der Waals surface area contributed by atoms with E-state index < -0.39 is 0 Å². The van der Waals surface area contributed by atoms with Gasteiger partial charge in [-0.25, -0.2) is 0 Å². The highest BCUT2D eigenvalue weighted by Crippen LogP contribution is 2.30. The number of halogens is 1. The molecule has 17 heavy (non-hydrogen) atoms. The zero-order chi connectivity index (χ0) is 12.7. The smallest absolute Gasteiger partial charge is 0.119 e. The van der Waals surface area contributed by atoms with Gasteiger partial charge in [-0.05, 0) is 30.2 Å². The van der Waals surface area contributed by atoms with E-state index in [1.54, 1.807) is 7.11 Å². The molecule has 0 aliphatic heterocycles. The second kappa shape index (κ2) is 7.69. The largest absolute Gasteiger partial charge is 0.497 e. The van der Waals surface area contributed by atoms with Gasteiger partial charge in [0.1, 0.15) is 5.75 Å². The number of benzene rings is 1. The lowest BCUT2D eigenvalue weighted by atomic mass is 10.0. The average molecular weight is 301 g/mol. The molecule has 1 unspecified atom stereocenters. The van der Waals surface area contributed by atoms with Gasteiger partial charge >= 0.3 is 0 Å². The summed E-state index contributed by atoms with van der Waals surface area (Å²) in [6.07, 6.45) is 4.67. The number of rotatable bonds is 7. The van der Waals surface area contributed by atoms with Crippen LogP contribution in [0.2, 0.25) is 0 Å². The molecule has 1 rings (SSSR count). The number of methoxy groups -OCH3 is 1. The first-order valence-electron chi connectivity index (χ1n) is 6.02. The van der Waals surface area contributed by atoms with Crippen LogP contribution in [0, 0.1) is 0 Å². The molecule has 1 atom stereocenters. The summed E-state index contributed by atoms with van der Waals surface area (Å²) in [5.41, 5.74) is 4.04. The Kier molecular flexibility index (Phi) is 6.55. The van der Waals surface area contributed by atoms with Gasteiger partial charge in [-0.2, -0.15) is 0 Å². The first kappa shape index (κ1) is 14.5. The third-order valence-corrected chi connectivity index (χ3v) is 3.60. The molecule has 0 heterocycles. The summed E-state index contributed by atoms with van der Waals surface area (Å²) in [6.45, 7) is 2.20. The van der Waals surface area contributed by atoms with Gasteiger partial charge < -0.3 is 4.74 Å². The minimum Gasteiger partial charge on any atom is -0.497 e. The molecular formula is C13H21BrN2O. The molecule has 0 saturated heterocycles. The molecule has 96 valence electrons. The topological polar surface area (TPSA) is 47.3 Å². The van der Waals surface area contributed by atoms with Gasteiger partial charge in [-0.1, -0.05) is 42.1 Å². The summed E-state index contributed by atoms with van der Waals surface area (Å²) >= 11 is 3.56. The number of ether oxygens (including phenoxy) is 1. The van der Waals surface area contributed by atoms with Crippen LogP contribution in [0.25, 0.3) is 0 Å². The monoisotopic (exact) mass is 300 g/mol.